The van der Waals surface area contributed by atoms with Gasteiger partial charge in [-0.2, -0.15) is 0 Å². The number of likely N-dealkylation sites (tertiary alicyclic amines) is 2. The standard InChI is InChI=1S/C19H34N4O3/c1-3-9-20-18(25)23-13-14-26-19(15-23)7-11-22(12-8-19)17(24)16-6-4-5-10-21(16)2/h16H,3-15H2,1-2H3,(H,20,25). The molecule has 3 aliphatic rings. The van der Waals surface area contributed by atoms with Gasteiger partial charge in [-0.05, 0) is 45.7 Å². The number of likely N-dealkylation sites (N-methyl/N-ethyl adjacent to an activating group) is 1. The van der Waals surface area contributed by atoms with E-state index in [1.54, 1.807) is 0 Å². The number of piperidine rings is 2. The minimum Gasteiger partial charge on any atom is -0.371 e. The molecule has 0 saturated carbocycles. The van der Waals surface area contributed by atoms with E-state index < -0.39 is 0 Å². The first kappa shape index (κ1) is 19.4. The first-order valence-corrected chi connectivity index (χ1v) is 10.2. The number of ether oxygens (including phenoxy) is 1. The van der Waals surface area contributed by atoms with E-state index in [1.807, 2.05) is 9.80 Å². The molecule has 1 atom stereocenters. The molecule has 3 fully saturated rings. The van der Waals surface area contributed by atoms with Gasteiger partial charge in [0.2, 0.25) is 5.91 Å². The van der Waals surface area contributed by atoms with Gasteiger partial charge in [0.15, 0.2) is 0 Å². The number of morpholine rings is 1. The minimum atomic E-state index is -0.281. The molecule has 148 valence electrons. The topological polar surface area (TPSA) is 65.1 Å². The maximum absolute atomic E-state index is 12.9. The second-order valence-corrected chi connectivity index (χ2v) is 8.00. The monoisotopic (exact) mass is 366 g/mol. The third-order valence-electron chi connectivity index (χ3n) is 6.10. The molecule has 7 heteroatoms. The Labute approximate surface area is 157 Å². The van der Waals surface area contributed by atoms with Gasteiger partial charge in [-0.1, -0.05) is 13.3 Å². The average Bonchev–Trinajstić information content (AvgIpc) is 2.66. The summed E-state index contributed by atoms with van der Waals surface area (Å²) in [5, 5.41) is 2.96. The quantitative estimate of drug-likeness (QED) is 0.817. The van der Waals surface area contributed by atoms with Gasteiger partial charge in [-0.3, -0.25) is 9.69 Å². The predicted octanol–water partition coefficient (Wildman–Crippen LogP) is 1.28. The molecule has 1 spiro atoms. The van der Waals surface area contributed by atoms with Crippen LogP contribution in [0.1, 0.15) is 45.4 Å². The van der Waals surface area contributed by atoms with Crippen molar-refractivity contribution in [1.29, 1.82) is 0 Å². The summed E-state index contributed by atoms with van der Waals surface area (Å²) in [6, 6.07) is 0.0539. The van der Waals surface area contributed by atoms with Gasteiger partial charge in [0.05, 0.1) is 24.8 Å². The predicted molar refractivity (Wildman–Crippen MR) is 100 cm³/mol. The molecule has 0 aliphatic carbocycles. The molecule has 3 saturated heterocycles. The molecule has 1 unspecified atom stereocenters. The molecular weight excluding hydrogens is 332 g/mol. The summed E-state index contributed by atoms with van der Waals surface area (Å²) >= 11 is 0. The van der Waals surface area contributed by atoms with E-state index in [-0.39, 0.29) is 23.6 Å². The van der Waals surface area contributed by atoms with Gasteiger partial charge < -0.3 is 19.9 Å². The fourth-order valence-corrected chi connectivity index (χ4v) is 4.40. The summed E-state index contributed by atoms with van der Waals surface area (Å²) in [6.07, 6.45) is 5.86. The van der Waals surface area contributed by atoms with Crippen molar-refractivity contribution in [1.82, 2.24) is 20.0 Å². The second-order valence-electron chi connectivity index (χ2n) is 8.00. The van der Waals surface area contributed by atoms with E-state index in [2.05, 4.69) is 24.2 Å². The maximum Gasteiger partial charge on any atom is 0.317 e. The third-order valence-corrected chi connectivity index (χ3v) is 6.10. The zero-order valence-electron chi connectivity index (χ0n) is 16.3. The number of rotatable bonds is 3. The highest BCUT2D eigenvalue weighted by Gasteiger charge is 2.43. The fraction of sp³-hybridized carbons (Fsp3) is 0.895. The summed E-state index contributed by atoms with van der Waals surface area (Å²) in [5.41, 5.74) is -0.281. The van der Waals surface area contributed by atoms with Crippen LogP contribution in [0.2, 0.25) is 0 Å². The van der Waals surface area contributed by atoms with Crippen LogP contribution in [0.4, 0.5) is 4.79 Å². The SMILES string of the molecule is CCCNC(=O)N1CCOC2(CCN(C(=O)C3CCCCN3C)CC2)C1. The highest BCUT2D eigenvalue weighted by atomic mass is 16.5. The van der Waals surface area contributed by atoms with Gasteiger partial charge in [-0.25, -0.2) is 4.79 Å². The number of nitrogens with zero attached hydrogens (tertiary/aromatic N) is 3. The average molecular weight is 367 g/mol. The smallest absolute Gasteiger partial charge is 0.317 e. The van der Waals surface area contributed by atoms with Gasteiger partial charge in [0.25, 0.3) is 0 Å². The number of carbonyl (C=O) groups is 2. The largest absolute Gasteiger partial charge is 0.371 e. The molecular formula is C19H34N4O3. The maximum atomic E-state index is 12.9. The molecule has 0 radical (unpaired) electrons. The van der Waals surface area contributed by atoms with E-state index in [4.69, 9.17) is 4.74 Å². The number of nitrogens with one attached hydrogen (secondary N) is 1. The number of urea groups is 1. The zero-order valence-corrected chi connectivity index (χ0v) is 16.3. The van der Waals surface area contributed by atoms with Crippen molar-refractivity contribution in [2.24, 2.45) is 0 Å². The highest BCUT2D eigenvalue weighted by Crippen LogP contribution is 2.31. The van der Waals surface area contributed by atoms with Gasteiger partial charge in [0, 0.05) is 26.2 Å². The van der Waals surface area contributed by atoms with Crippen LogP contribution in [0.5, 0.6) is 0 Å². The highest BCUT2D eigenvalue weighted by molar-refractivity contribution is 5.82. The van der Waals surface area contributed by atoms with E-state index in [0.717, 1.165) is 51.7 Å². The Balaban J connectivity index is 1.53. The van der Waals surface area contributed by atoms with Crippen molar-refractivity contribution in [3.63, 3.8) is 0 Å². The van der Waals surface area contributed by atoms with Crippen LogP contribution in [-0.4, -0.2) is 91.2 Å². The summed E-state index contributed by atoms with van der Waals surface area (Å²) in [4.78, 5) is 31.3. The van der Waals surface area contributed by atoms with E-state index >= 15 is 0 Å². The Morgan fingerprint density at radius 3 is 2.58 bits per heavy atom. The van der Waals surface area contributed by atoms with Crippen molar-refractivity contribution >= 4 is 11.9 Å². The number of amides is 3. The van der Waals surface area contributed by atoms with Gasteiger partial charge >= 0.3 is 6.03 Å². The van der Waals surface area contributed by atoms with Crippen LogP contribution in [0.3, 0.4) is 0 Å². The van der Waals surface area contributed by atoms with E-state index in [0.29, 0.717) is 26.2 Å². The second kappa shape index (κ2) is 8.57. The number of hydrogen-bond acceptors (Lipinski definition) is 4. The van der Waals surface area contributed by atoms with E-state index in [9.17, 15) is 9.59 Å². The Morgan fingerprint density at radius 2 is 1.88 bits per heavy atom. The molecule has 7 nitrogen and oxygen atoms in total. The lowest BCUT2D eigenvalue weighted by Gasteiger charge is -2.48. The number of hydrogen-bond donors (Lipinski definition) is 1. The number of carbonyl (C=O) groups excluding carboxylic acids is 2. The lowest BCUT2D eigenvalue weighted by Crippen LogP contribution is -2.61. The van der Waals surface area contributed by atoms with Crippen LogP contribution < -0.4 is 5.32 Å². The van der Waals surface area contributed by atoms with Gasteiger partial charge in [0.1, 0.15) is 0 Å². The normalized spacial score (nSPS) is 26.8. The Hall–Kier alpha value is -1.34. The third kappa shape index (κ3) is 4.31. The Bertz CT molecular complexity index is 505. The molecule has 3 aliphatic heterocycles. The lowest BCUT2D eigenvalue weighted by molar-refractivity contribution is -0.151. The molecule has 0 aromatic carbocycles. The Kier molecular flexibility index (Phi) is 6.40. The van der Waals surface area contributed by atoms with Crippen molar-refractivity contribution in [2.45, 2.75) is 57.1 Å². The van der Waals surface area contributed by atoms with Crippen molar-refractivity contribution < 1.29 is 14.3 Å². The van der Waals surface area contributed by atoms with Crippen LogP contribution in [0, 0.1) is 0 Å². The molecule has 0 aromatic heterocycles. The van der Waals surface area contributed by atoms with Crippen LogP contribution in [-0.2, 0) is 9.53 Å². The van der Waals surface area contributed by atoms with Crippen molar-refractivity contribution in [3.05, 3.63) is 0 Å². The molecule has 1 N–H and O–H groups in total. The first-order valence-electron chi connectivity index (χ1n) is 10.2. The zero-order chi connectivity index (χ0) is 18.6. The summed E-state index contributed by atoms with van der Waals surface area (Å²) in [5.74, 6) is 0.274. The first-order chi connectivity index (χ1) is 12.5. The summed E-state index contributed by atoms with van der Waals surface area (Å²) in [7, 11) is 2.06. The van der Waals surface area contributed by atoms with Crippen LogP contribution >= 0.6 is 0 Å². The Morgan fingerprint density at radius 1 is 1.12 bits per heavy atom. The van der Waals surface area contributed by atoms with E-state index in [1.165, 1.54) is 6.42 Å². The molecule has 26 heavy (non-hydrogen) atoms. The molecule has 3 amide bonds. The molecule has 3 heterocycles. The van der Waals surface area contributed by atoms with Crippen molar-refractivity contribution in [3.8, 4) is 0 Å². The van der Waals surface area contributed by atoms with Crippen LogP contribution in [0.15, 0.2) is 0 Å². The molecule has 3 rings (SSSR count). The summed E-state index contributed by atoms with van der Waals surface area (Å²) in [6.45, 7) is 7.10. The molecule has 0 aromatic rings. The van der Waals surface area contributed by atoms with Crippen molar-refractivity contribution in [2.75, 3.05) is 52.9 Å². The fourth-order valence-electron chi connectivity index (χ4n) is 4.40. The van der Waals surface area contributed by atoms with Crippen LogP contribution in [0.25, 0.3) is 0 Å². The minimum absolute atomic E-state index is 0.0110. The molecule has 0 bridgehead atoms. The van der Waals surface area contributed by atoms with Gasteiger partial charge in [-0.15, -0.1) is 0 Å². The summed E-state index contributed by atoms with van der Waals surface area (Å²) < 4.78 is 6.12. The lowest BCUT2D eigenvalue weighted by atomic mass is 9.88.